The average Bonchev–Trinajstić information content (AvgIpc) is 3.27. The van der Waals surface area contributed by atoms with Gasteiger partial charge in [0.15, 0.2) is 0 Å². The van der Waals surface area contributed by atoms with Gasteiger partial charge in [-0.2, -0.15) is 0 Å². The Morgan fingerprint density at radius 3 is 2.35 bits per heavy atom. The molecule has 2 aromatic carbocycles. The third-order valence-corrected chi connectivity index (χ3v) is 7.06. The molecule has 162 valence electrons. The number of halogens is 2. The van der Waals surface area contributed by atoms with Gasteiger partial charge in [-0.05, 0) is 29.7 Å². The van der Waals surface area contributed by atoms with Gasteiger partial charge in [0.25, 0.3) is 0 Å². The molecule has 3 aliphatic heterocycles. The minimum Gasteiger partial charge on any atom is -0.297 e. The number of amides is 2. The third-order valence-electron chi connectivity index (χ3n) is 6.82. The summed E-state index contributed by atoms with van der Waals surface area (Å²) in [6.07, 6.45) is 1.000. The monoisotopic (exact) mass is 441 g/mol. The Hall–Kier alpha value is -2.28. The van der Waals surface area contributed by atoms with Gasteiger partial charge >= 0.3 is 0 Å². The Bertz CT molecular complexity index is 1010. The zero-order chi connectivity index (χ0) is 21.5. The molecule has 0 N–H and O–H groups in total. The number of hydrogen-bond acceptors (Lipinski definition) is 4. The molecule has 0 unspecified atom stereocenters. The number of fused-ring (bicyclic) bond motifs is 2. The first-order chi connectivity index (χ1) is 15.0. The van der Waals surface area contributed by atoms with Crippen molar-refractivity contribution in [3.05, 3.63) is 70.0 Å². The number of carbonyl (C=O) groups excluding carboxylic acids is 2. The van der Waals surface area contributed by atoms with Crippen LogP contribution in [0.25, 0.3) is 0 Å². The molecular formula is C24H25ClFN3O2. The molecule has 0 bridgehead atoms. The molecule has 2 atom stereocenters. The van der Waals surface area contributed by atoms with Gasteiger partial charge in [-0.1, -0.05) is 41.9 Å². The lowest BCUT2D eigenvalue weighted by molar-refractivity contribution is -0.140. The summed E-state index contributed by atoms with van der Waals surface area (Å²) in [5.74, 6) is -1.14. The number of rotatable bonds is 5. The number of imide groups is 1. The second-order valence-corrected chi connectivity index (χ2v) is 9.20. The van der Waals surface area contributed by atoms with E-state index in [2.05, 4.69) is 29.2 Å². The van der Waals surface area contributed by atoms with Crippen LogP contribution in [0.5, 0.6) is 0 Å². The Morgan fingerprint density at radius 2 is 1.65 bits per heavy atom. The summed E-state index contributed by atoms with van der Waals surface area (Å²) in [6.45, 7) is 4.31. The van der Waals surface area contributed by atoms with Gasteiger partial charge in [-0.25, -0.2) is 4.39 Å². The van der Waals surface area contributed by atoms with E-state index in [0.717, 1.165) is 19.5 Å². The largest absolute Gasteiger partial charge is 0.297 e. The quantitative estimate of drug-likeness (QED) is 0.669. The normalized spacial score (nSPS) is 24.0. The van der Waals surface area contributed by atoms with Gasteiger partial charge < -0.3 is 0 Å². The first kappa shape index (κ1) is 20.6. The molecule has 2 saturated heterocycles. The first-order valence-electron chi connectivity index (χ1n) is 10.8. The Balaban J connectivity index is 1.17. The highest BCUT2D eigenvalue weighted by atomic mass is 35.5. The zero-order valence-electron chi connectivity index (χ0n) is 17.3. The molecule has 0 aliphatic carbocycles. The Morgan fingerprint density at radius 1 is 0.935 bits per heavy atom. The maximum atomic E-state index is 14.1. The van der Waals surface area contributed by atoms with E-state index in [4.69, 9.17) is 11.6 Å². The van der Waals surface area contributed by atoms with Crippen LogP contribution in [-0.4, -0.2) is 59.2 Å². The van der Waals surface area contributed by atoms with Gasteiger partial charge in [0, 0.05) is 56.4 Å². The molecule has 5 nitrogen and oxygen atoms in total. The van der Waals surface area contributed by atoms with Crippen molar-refractivity contribution in [2.45, 2.75) is 19.5 Å². The number of hydrogen-bond donors (Lipinski definition) is 0. The fraction of sp³-hybridized carbons (Fsp3) is 0.417. The van der Waals surface area contributed by atoms with Crippen LogP contribution < -0.4 is 0 Å². The van der Waals surface area contributed by atoms with Crippen molar-refractivity contribution in [3.63, 3.8) is 0 Å². The standard InChI is InChI=1S/C24H25ClFN3O2/c25-19-6-5-18(22(26)11-19)13-28-14-20-21(15-28)24(31)29(23(20)30)10-9-27-8-7-16-3-1-2-4-17(16)12-27/h1-6,11,20-21H,7-10,12-15H2/t20-,21+. The van der Waals surface area contributed by atoms with E-state index in [1.54, 1.807) is 12.1 Å². The molecule has 2 aromatic rings. The highest BCUT2D eigenvalue weighted by Gasteiger charge is 2.52. The summed E-state index contributed by atoms with van der Waals surface area (Å²) < 4.78 is 14.1. The van der Waals surface area contributed by atoms with E-state index in [-0.39, 0.29) is 29.5 Å². The van der Waals surface area contributed by atoms with Crippen LogP contribution in [0.15, 0.2) is 42.5 Å². The SMILES string of the molecule is O=C1[C@H]2CN(Cc3ccc(Cl)cc3F)C[C@H]2C(=O)N1CCN1CCc2ccccc2C1. The van der Waals surface area contributed by atoms with Gasteiger partial charge in [0.2, 0.25) is 11.8 Å². The zero-order valence-corrected chi connectivity index (χ0v) is 18.0. The predicted molar refractivity (Wildman–Crippen MR) is 116 cm³/mol. The smallest absolute Gasteiger partial charge is 0.234 e. The molecular weight excluding hydrogens is 417 g/mol. The number of likely N-dealkylation sites (tertiary alicyclic amines) is 2. The summed E-state index contributed by atoms with van der Waals surface area (Å²) in [5, 5.41) is 0.359. The van der Waals surface area contributed by atoms with Crippen molar-refractivity contribution in [1.82, 2.24) is 14.7 Å². The van der Waals surface area contributed by atoms with E-state index in [1.807, 2.05) is 4.90 Å². The molecule has 0 saturated carbocycles. The van der Waals surface area contributed by atoms with Crippen LogP contribution >= 0.6 is 11.6 Å². The third kappa shape index (κ3) is 4.00. The van der Waals surface area contributed by atoms with Crippen molar-refractivity contribution in [2.75, 3.05) is 32.7 Å². The molecule has 0 spiro atoms. The molecule has 0 aromatic heterocycles. The van der Waals surface area contributed by atoms with E-state index in [0.29, 0.717) is 43.3 Å². The topological polar surface area (TPSA) is 43.9 Å². The Labute approximate surface area is 186 Å². The molecule has 31 heavy (non-hydrogen) atoms. The number of nitrogens with zero attached hydrogens (tertiary/aromatic N) is 3. The highest BCUT2D eigenvalue weighted by Crippen LogP contribution is 2.34. The first-order valence-corrected chi connectivity index (χ1v) is 11.2. The van der Waals surface area contributed by atoms with E-state index in [9.17, 15) is 14.0 Å². The lowest BCUT2D eigenvalue weighted by Crippen LogP contribution is -2.42. The van der Waals surface area contributed by atoms with E-state index in [1.165, 1.54) is 22.1 Å². The summed E-state index contributed by atoms with van der Waals surface area (Å²) in [6, 6.07) is 13.1. The highest BCUT2D eigenvalue weighted by molar-refractivity contribution is 6.30. The maximum Gasteiger partial charge on any atom is 0.234 e. The van der Waals surface area contributed by atoms with E-state index < -0.39 is 0 Å². The average molecular weight is 442 g/mol. The summed E-state index contributed by atoms with van der Waals surface area (Å²) in [4.78, 5) is 31.7. The van der Waals surface area contributed by atoms with Crippen LogP contribution in [0, 0.1) is 17.7 Å². The summed E-state index contributed by atoms with van der Waals surface area (Å²) in [5.41, 5.74) is 3.25. The maximum absolute atomic E-state index is 14.1. The van der Waals surface area contributed by atoms with Crippen LogP contribution in [0.1, 0.15) is 16.7 Å². The molecule has 0 radical (unpaired) electrons. The second kappa shape index (κ2) is 8.34. The van der Waals surface area contributed by atoms with E-state index >= 15 is 0 Å². The minimum absolute atomic E-state index is 0.0773. The second-order valence-electron chi connectivity index (χ2n) is 8.77. The summed E-state index contributed by atoms with van der Waals surface area (Å²) in [7, 11) is 0. The molecule has 2 amide bonds. The molecule has 7 heteroatoms. The van der Waals surface area contributed by atoms with Crippen LogP contribution in [0.4, 0.5) is 4.39 Å². The minimum atomic E-state index is -0.355. The van der Waals surface area contributed by atoms with Gasteiger partial charge in [0.05, 0.1) is 11.8 Å². The fourth-order valence-corrected chi connectivity index (χ4v) is 5.28. The number of benzene rings is 2. The predicted octanol–water partition coefficient (Wildman–Crippen LogP) is 2.95. The van der Waals surface area contributed by atoms with Crippen molar-refractivity contribution < 1.29 is 14.0 Å². The van der Waals surface area contributed by atoms with Crippen LogP contribution in [0.2, 0.25) is 5.02 Å². The summed E-state index contributed by atoms with van der Waals surface area (Å²) >= 11 is 5.82. The van der Waals surface area contributed by atoms with Crippen molar-refractivity contribution in [3.8, 4) is 0 Å². The lowest BCUT2D eigenvalue weighted by atomic mass is 10.00. The molecule has 3 heterocycles. The van der Waals surface area contributed by atoms with Crippen molar-refractivity contribution >= 4 is 23.4 Å². The van der Waals surface area contributed by atoms with Crippen LogP contribution in [0.3, 0.4) is 0 Å². The molecule has 2 fully saturated rings. The molecule has 3 aliphatic rings. The van der Waals surface area contributed by atoms with Gasteiger partial charge in [0.1, 0.15) is 5.82 Å². The van der Waals surface area contributed by atoms with Crippen molar-refractivity contribution in [1.29, 1.82) is 0 Å². The Kier molecular flexibility index (Phi) is 5.54. The van der Waals surface area contributed by atoms with Gasteiger partial charge in [-0.3, -0.25) is 24.3 Å². The van der Waals surface area contributed by atoms with Crippen LogP contribution in [-0.2, 0) is 29.1 Å². The number of carbonyl (C=O) groups is 2. The van der Waals surface area contributed by atoms with Gasteiger partial charge in [-0.15, -0.1) is 0 Å². The fourth-order valence-electron chi connectivity index (χ4n) is 5.12. The molecule has 5 rings (SSSR count). The lowest BCUT2D eigenvalue weighted by Gasteiger charge is -2.30. The van der Waals surface area contributed by atoms with Crippen molar-refractivity contribution in [2.24, 2.45) is 11.8 Å².